The van der Waals surface area contributed by atoms with Crippen LogP contribution in [0.5, 0.6) is 0 Å². The van der Waals surface area contributed by atoms with Crippen LogP contribution in [0.3, 0.4) is 0 Å². The molecule has 1 aromatic carbocycles. The van der Waals surface area contributed by atoms with Crippen molar-refractivity contribution < 1.29 is 9.90 Å². The van der Waals surface area contributed by atoms with Crippen molar-refractivity contribution in [1.29, 1.82) is 0 Å². The Kier molecular flexibility index (Phi) is 4.88. The third-order valence-electron chi connectivity index (χ3n) is 3.67. The van der Waals surface area contributed by atoms with Crippen LogP contribution in [0.15, 0.2) is 54.9 Å². The number of benzene rings is 1. The molecule has 0 saturated heterocycles. The lowest BCUT2D eigenvalue weighted by molar-refractivity contribution is -0.139. The molecule has 1 heterocycles. The molecule has 0 fully saturated rings. The second-order valence-corrected chi connectivity index (χ2v) is 4.93. The van der Waals surface area contributed by atoms with E-state index in [4.69, 9.17) is 0 Å². The number of aromatic nitrogens is 1. The van der Waals surface area contributed by atoms with Gasteiger partial charge in [-0.15, -0.1) is 0 Å². The smallest absolute Gasteiger partial charge is 0.311 e. The normalized spacial score (nSPS) is 13.7. The molecule has 0 bridgehead atoms. The molecular formula is C17H19NO2. The minimum atomic E-state index is -0.785. The number of carbonyl (C=O) groups is 1. The summed E-state index contributed by atoms with van der Waals surface area (Å²) in [6, 6.07) is 13.7. The summed E-state index contributed by atoms with van der Waals surface area (Å²) in [5, 5.41) is 9.49. The number of aliphatic carboxylic acids is 1. The largest absolute Gasteiger partial charge is 0.481 e. The summed E-state index contributed by atoms with van der Waals surface area (Å²) in [6.07, 6.45) is 4.84. The highest BCUT2D eigenvalue weighted by Crippen LogP contribution is 2.32. The predicted molar refractivity (Wildman–Crippen MR) is 78.7 cm³/mol. The molecule has 0 spiro atoms. The van der Waals surface area contributed by atoms with Crippen molar-refractivity contribution in [3.05, 3.63) is 66.0 Å². The van der Waals surface area contributed by atoms with Crippen molar-refractivity contribution in [3.63, 3.8) is 0 Å². The van der Waals surface area contributed by atoms with E-state index < -0.39 is 11.9 Å². The first-order valence-electron chi connectivity index (χ1n) is 6.90. The fourth-order valence-electron chi connectivity index (χ4n) is 2.51. The van der Waals surface area contributed by atoms with Crippen LogP contribution in [0.2, 0.25) is 0 Å². The molecule has 2 atom stereocenters. The minimum absolute atomic E-state index is 0.248. The Morgan fingerprint density at radius 1 is 1.15 bits per heavy atom. The Morgan fingerprint density at radius 2 is 1.85 bits per heavy atom. The van der Waals surface area contributed by atoms with Crippen LogP contribution < -0.4 is 0 Å². The number of rotatable bonds is 6. The molecule has 0 radical (unpaired) electrons. The Labute approximate surface area is 119 Å². The highest BCUT2D eigenvalue weighted by Gasteiger charge is 2.24. The molecule has 1 aromatic heterocycles. The zero-order valence-electron chi connectivity index (χ0n) is 11.6. The average molecular weight is 269 g/mol. The lowest BCUT2D eigenvalue weighted by Crippen LogP contribution is -2.15. The number of carboxylic acid groups (broad SMARTS) is 1. The first kappa shape index (κ1) is 14.3. The SMILES string of the molecule is CC[C@H](C[C@@H](C(=O)O)c1cccnc1)c1ccccc1. The molecule has 0 aliphatic heterocycles. The van der Waals surface area contributed by atoms with E-state index in [1.807, 2.05) is 24.3 Å². The predicted octanol–water partition coefficient (Wildman–Crippen LogP) is 3.83. The highest BCUT2D eigenvalue weighted by molar-refractivity contribution is 5.76. The standard InChI is InChI=1S/C17H19NO2/c1-2-13(14-7-4-3-5-8-14)11-16(17(19)20)15-9-6-10-18-12-15/h3-10,12-13,16H,2,11H2,1H3,(H,19,20)/t13-,16-/m1/s1. The molecule has 2 aromatic rings. The van der Waals surface area contributed by atoms with Gasteiger partial charge in [0.2, 0.25) is 0 Å². The second-order valence-electron chi connectivity index (χ2n) is 4.93. The Hall–Kier alpha value is -2.16. The maximum absolute atomic E-state index is 11.6. The molecule has 2 rings (SSSR count). The number of nitrogens with zero attached hydrogens (tertiary/aromatic N) is 1. The van der Waals surface area contributed by atoms with Gasteiger partial charge in [-0.1, -0.05) is 43.3 Å². The summed E-state index contributed by atoms with van der Waals surface area (Å²) in [5.74, 6) is -1.04. The van der Waals surface area contributed by atoms with Crippen molar-refractivity contribution in [3.8, 4) is 0 Å². The summed E-state index contributed by atoms with van der Waals surface area (Å²) in [4.78, 5) is 15.6. The molecule has 1 N–H and O–H groups in total. The van der Waals surface area contributed by atoms with Gasteiger partial charge in [-0.3, -0.25) is 9.78 Å². The van der Waals surface area contributed by atoms with E-state index in [0.717, 1.165) is 12.0 Å². The summed E-state index contributed by atoms with van der Waals surface area (Å²) >= 11 is 0. The van der Waals surface area contributed by atoms with Crippen molar-refractivity contribution in [2.24, 2.45) is 0 Å². The number of hydrogen-bond acceptors (Lipinski definition) is 2. The van der Waals surface area contributed by atoms with Crippen LogP contribution in [0.4, 0.5) is 0 Å². The van der Waals surface area contributed by atoms with Crippen LogP contribution in [0.25, 0.3) is 0 Å². The van der Waals surface area contributed by atoms with E-state index in [1.54, 1.807) is 18.5 Å². The van der Waals surface area contributed by atoms with Crippen molar-refractivity contribution in [2.75, 3.05) is 0 Å². The summed E-state index contributed by atoms with van der Waals surface area (Å²) in [7, 11) is 0. The molecular weight excluding hydrogens is 250 g/mol. The Balaban J connectivity index is 2.21. The lowest BCUT2D eigenvalue weighted by atomic mass is 9.84. The van der Waals surface area contributed by atoms with Crippen LogP contribution >= 0.6 is 0 Å². The van der Waals surface area contributed by atoms with E-state index in [2.05, 4.69) is 24.0 Å². The number of hydrogen-bond donors (Lipinski definition) is 1. The zero-order chi connectivity index (χ0) is 14.4. The average Bonchev–Trinajstić information content (AvgIpc) is 2.50. The molecule has 104 valence electrons. The fourth-order valence-corrected chi connectivity index (χ4v) is 2.51. The van der Waals surface area contributed by atoms with Crippen molar-refractivity contribution in [2.45, 2.75) is 31.6 Å². The van der Waals surface area contributed by atoms with Gasteiger partial charge in [-0.25, -0.2) is 0 Å². The second kappa shape index (κ2) is 6.85. The first-order chi connectivity index (χ1) is 9.72. The van der Waals surface area contributed by atoms with E-state index >= 15 is 0 Å². The summed E-state index contributed by atoms with van der Waals surface area (Å²) in [5.41, 5.74) is 1.97. The van der Waals surface area contributed by atoms with Gasteiger partial charge in [0.05, 0.1) is 5.92 Å². The van der Waals surface area contributed by atoms with Gasteiger partial charge in [0.15, 0.2) is 0 Å². The summed E-state index contributed by atoms with van der Waals surface area (Å²) in [6.45, 7) is 2.10. The molecule has 0 aliphatic rings. The van der Waals surface area contributed by atoms with Gasteiger partial charge in [-0.2, -0.15) is 0 Å². The zero-order valence-corrected chi connectivity index (χ0v) is 11.6. The Bertz CT molecular complexity index is 539. The number of carboxylic acids is 1. The van der Waals surface area contributed by atoms with Gasteiger partial charge >= 0.3 is 5.97 Å². The molecule has 0 unspecified atom stereocenters. The first-order valence-corrected chi connectivity index (χ1v) is 6.90. The van der Waals surface area contributed by atoms with Crippen LogP contribution in [-0.2, 0) is 4.79 Å². The van der Waals surface area contributed by atoms with Gasteiger partial charge in [0.25, 0.3) is 0 Å². The highest BCUT2D eigenvalue weighted by atomic mass is 16.4. The van der Waals surface area contributed by atoms with Gasteiger partial charge in [0, 0.05) is 12.4 Å². The topological polar surface area (TPSA) is 50.2 Å². The lowest BCUT2D eigenvalue weighted by Gasteiger charge is -2.20. The molecule has 20 heavy (non-hydrogen) atoms. The van der Waals surface area contributed by atoms with E-state index in [0.29, 0.717) is 6.42 Å². The third kappa shape index (κ3) is 3.44. The van der Waals surface area contributed by atoms with Gasteiger partial charge < -0.3 is 5.11 Å². The molecule has 3 nitrogen and oxygen atoms in total. The van der Waals surface area contributed by atoms with Crippen LogP contribution in [0.1, 0.15) is 42.7 Å². The van der Waals surface area contributed by atoms with Gasteiger partial charge in [-0.05, 0) is 36.0 Å². The number of pyridine rings is 1. The monoisotopic (exact) mass is 269 g/mol. The molecule has 0 saturated carbocycles. The van der Waals surface area contributed by atoms with Crippen LogP contribution in [-0.4, -0.2) is 16.1 Å². The fraction of sp³-hybridized carbons (Fsp3) is 0.294. The maximum Gasteiger partial charge on any atom is 0.311 e. The van der Waals surface area contributed by atoms with Crippen LogP contribution in [0, 0.1) is 0 Å². The molecule has 0 aliphatic carbocycles. The van der Waals surface area contributed by atoms with E-state index in [-0.39, 0.29) is 5.92 Å². The molecule has 0 amide bonds. The maximum atomic E-state index is 11.6. The molecule has 3 heteroatoms. The van der Waals surface area contributed by atoms with Crippen molar-refractivity contribution >= 4 is 5.97 Å². The summed E-state index contributed by atoms with van der Waals surface area (Å²) < 4.78 is 0. The third-order valence-corrected chi connectivity index (χ3v) is 3.67. The van der Waals surface area contributed by atoms with Gasteiger partial charge in [0.1, 0.15) is 0 Å². The van der Waals surface area contributed by atoms with Crippen molar-refractivity contribution in [1.82, 2.24) is 4.98 Å². The van der Waals surface area contributed by atoms with E-state index in [9.17, 15) is 9.90 Å². The Morgan fingerprint density at radius 3 is 2.40 bits per heavy atom. The quantitative estimate of drug-likeness (QED) is 0.867. The minimum Gasteiger partial charge on any atom is -0.481 e. The van der Waals surface area contributed by atoms with E-state index in [1.165, 1.54) is 5.56 Å².